The molecule has 0 amide bonds. The van der Waals surface area contributed by atoms with Crippen molar-refractivity contribution >= 4 is 23.7 Å². The maximum atomic E-state index is 13.7. The van der Waals surface area contributed by atoms with Crippen molar-refractivity contribution in [3.63, 3.8) is 0 Å². The van der Waals surface area contributed by atoms with E-state index < -0.39 is 0 Å². The molecule has 0 unspecified atom stereocenters. The standard InChI is InChI=1S/C27H22N3O4S/c1-32-20-14-17(15-21(33-2)25(20)34-3)16-22-26(31)30-24(19-12-8-5-9-13-19)23(28-29-27(30)35-22)18-10-6-4-7-11-18/h4-16H,1-3H3/q+1/b22-16+. The summed E-state index contributed by atoms with van der Waals surface area (Å²) in [5.74, 6) is 1.33. The molecular formula is C27H22N3O4S+. The fourth-order valence-corrected chi connectivity index (χ4v) is 4.89. The van der Waals surface area contributed by atoms with Crippen molar-refractivity contribution in [2.45, 2.75) is 5.16 Å². The van der Waals surface area contributed by atoms with E-state index in [1.54, 1.807) is 44.1 Å². The molecule has 1 aliphatic heterocycles. The topological polar surface area (TPSA) is 74.4 Å². The molecule has 8 heteroatoms. The number of benzene rings is 3. The van der Waals surface area contributed by atoms with Crippen LogP contribution < -0.4 is 18.8 Å². The van der Waals surface area contributed by atoms with Gasteiger partial charge in [0.1, 0.15) is 4.91 Å². The van der Waals surface area contributed by atoms with Crippen molar-refractivity contribution in [2.24, 2.45) is 0 Å². The number of fused-ring (bicyclic) bond motifs is 1. The van der Waals surface area contributed by atoms with Gasteiger partial charge in [-0.25, -0.2) is 4.79 Å². The SMILES string of the molecule is COc1cc(/C=C2/Sc3nnc(-c4ccccc4)c(-c4ccccc4)[n+]3C2=O)cc(OC)c1OC. The highest BCUT2D eigenvalue weighted by molar-refractivity contribution is 8.04. The fourth-order valence-electron chi connectivity index (χ4n) is 3.97. The number of allylic oxidation sites excluding steroid dienone is 1. The molecule has 0 radical (unpaired) electrons. The molecule has 3 aromatic carbocycles. The summed E-state index contributed by atoms with van der Waals surface area (Å²) < 4.78 is 18.0. The van der Waals surface area contributed by atoms with Crippen LogP contribution in [0.4, 0.5) is 0 Å². The molecule has 4 aromatic rings. The van der Waals surface area contributed by atoms with Gasteiger partial charge in [0.2, 0.25) is 5.75 Å². The summed E-state index contributed by atoms with van der Waals surface area (Å²) in [5, 5.41) is 9.43. The van der Waals surface area contributed by atoms with Crippen LogP contribution in [0.3, 0.4) is 0 Å². The first kappa shape index (κ1) is 22.6. The van der Waals surface area contributed by atoms with Crippen LogP contribution >= 0.6 is 11.8 Å². The van der Waals surface area contributed by atoms with E-state index in [1.165, 1.54) is 11.8 Å². The third kappa shape index (κ3) is 4.13. The number of ether oxygens (including phenoxy) is 3. The Morgan fingerprint density at radius 1 is 0.800 bits per heavy atom. The normalized spacial score (nSPS) is 13.6. The zero-order valence-corrected chi connectivity index (χ0v) is 20.2. The third-order valence-electron chi connectivity index (χ3n) is 5.57. The van der Waals surface area contributed by atoms with Crippen LogP contribution in [0.1, 0.15) is 10.4 Å². The molecule has 5 rings (SSSR count). The predicted octanol–water partition coefficient (Wildman–Crippen LogP) is 4.91. The summed E-state index contributed by atoms with van der Waals surface area (Å²) in [7, 11) is 4.67. The predicted molar refractivity (Wildman–Crippen MR) is 134 cm³/mol. The van der Waals surface area contributed by atoms with Crippen LogP contribution in [0.5, 0.6) is 17.2 Å². The van der Waals surface area contributed by atoms with Crippen molar-refractivity contribution in [1.29, 1.82) is 0 Å². The van der Waals surface area contributed by atoms with Crippen LogP contribution in [0.25, 0.3) is 28.6 Å². The second-order valence-corrected chi connectivity index (χ2v) is 8.63. The van der Waals surface area contributed by atoms with E-state index in [0.717, 1.165) is 16.7 Å². The Kier molecular flexibility index (Phi) is 6.20. The minimum Gasteiger partial charge on any atom is -0.493 e. The van der Waals surface area contributed by atoms with E-state index in [1.807, 2.05) is 60.7 Å². The lowest BCUT2D eigenvalue weighted by molar-refractivity contribution is -0.602. The van der Waals surface area contributed by atoms with Gasteiger partial charge in [0.05, 0.1) is 26.4 Å². The van der Waals surface area contributed by atoms with E-state index in [0.29, 0.717) is 38.7 Å². The first-order valence-electron chi connectivity index (χ1n) is 10.8. The summed E-state index contributed by atoms with van der Waals surface area (Å²) in [6.45, 7) is 0. The Balaban J connectivity index is 1.65. The maximum absolute atomic E-state index is 13.7. The molecule has 0 saturated heterocycles. The highest BCUT2D eigenvalue weighted by atomic mass is 32.2. The lowest BCUT2D eigenvalue weighted by atomic mass is 10.0. The summed E-state index contributed by atoms with van der Waals surface area (Å²) >= 11 is 1.28. The Hall–Kier alpha value is -4.17. The third-order valence-corrected chi connectivity index (χ3v) is 6.53. The quantitative estimate of drug-likeness (QED) is 0.284. The van der Waals surface area contributed by atoms with Crippen LogP contribution in [-0.2, 0) is 0 Å². The van der Waals surface area contributed by atoms with Crippen molar-refractivity contribution < 1.29 is 23.6 Å². The molecule has 1 aliphatic rings. The molecule has 0 bridgehead atoms. The number of thioether (sulfide) groups is 1. The Morgan fingerprint density at radius 3 is 1.97 bits per heavy atom. The van der Waals surface area contributed by atoms with Gasteiger partial charge in [-0.2, -0.15) is 0 Å². The number of hydrogen-bond donors (Lipinski definition) is 0. The Labute approximate surface area is 207 Å². The van der Waals surface area contributed by atoms with Gasteiger partial charge in [0.25, 0.3) is 0 Å². The minimum absolute atomic E-state index is 0.176. The van der Waals surface area contributed by atoms with E-state index in [4.69, 9.17) is 14.2 Å². The number of nitrogens with zero attached hydrogens (tertiary/aromatic N) is 3. The van der Waals surface area contributed by atoms with Crippen LogP contribution in [0.2, 0.25) is 0 Å². The molecule has 0 fully saturated rings. The molecule has 1 aromatic heterocycles. The van der Waals surface area contributed by atoms with Gasteiger partial charge in [-0.15, -0.1) is 4.57 Å². The molecule has 7 nitrogen and oxygen atoms in total. The lowest BCUT2D eigenvalue weighted by Crippen LogP contribution is -2.44. The fraction of sp³-hybridized carbons (Fsp3) is 0.111. The molecule has 35 heavy (non-hydrogen) atoms. The van der Waals surface area contributed by atoms with Crippen LogP contribution in [-0.4, -0.2) is 37.4 Å². The average Bonchev–Trinajstić information content (AvgIpc) is 3.23. The second-order valence-electron chi connectivity index (χ2n) is 7.62. The van der Waals surface area contributed by atoms with E-state index in [9.17, 15) is 4.79 Å². The first-order chi connectivity index (χ1) is 17.1. The van der Waals surface area contributed by atoms with Gasteiger partial charge in [-0.1, -0.05) is 60.7 Å². The van der Waals surface area contributed by atoms with Crippen LogP contribution in [0, 0.1) is 0 Å². The van der Waals surface area contributed by atoms with Crippen molar-refractivity contribution in [3.8, 4) is 39.8 Å². The molecule has 0 atom stereocenters. The van der Waals surface area contributed by atoms with Crippen molar-refractivity contribution in [3.05, 3.63) is 83.3 Å². The van der Waals surface area contributed by atoms with E-state index in [2.05, 4.69) is 10.2 Å². The van der Waals surface area contributed by atoms with Gasteiger partial charge in [0, 0.05) is 22.9 Å². The van der Waals surface area contributed by atoms with Gasteiger partial charge in [-0.05, 0) is 28.9 Å². The number of methoxy groups -OCH3 is 3. The first-order valence-corrected chi connectivity index (χ1v) is 11.6. The highest BCUT2D eigenvalue weighted by Gasteiger charge is 2.40. The number of carbonyl (C=O) groups excluding carboxylic acids is 1. The highest BCUT2D eigenvalue weighted by Crippen LogP contribution is 2.40. The zero-order chi connectivity index (χ0) is 24.4. The van der Waals surface area contributed by atoms with E-state index in [-0.39, 0.29) is 5.91 Å². The zero-order valence-electron chi connectivity index (χ0n) is 19.4. The molecule has 0 spiro atoms. The molecule has 174 valence electrons. The summed E-state index contributed by atoms with van der Waals surface area (Å²) in [5.41, 5.74) is 3.84. The molecule has 0 N–H and O–H groups in total. The van der Waals surface area contributed by atoms with Gasteiger partial charge in [0.15, 0.2) is 22.9 Å². The molecular weight excluding hydrogens is 462 g/mol. The summed E-state index contributed by atoms with van der Waals surface area (Å²) in [4.78, 5) is 14.2. The monoisotopic (exact) mass is 484 g/mol. The second kappa shape index (κ2) is 9.60. The summed E-state index contributed by atoms with van der Waals surface area (Å²) in [6.07, 6.45) is 1.79. The smallest absolute Gasteiger partial charge is 0.399 e. The largest absolute Gasteiger partial charge is 0.493 e. The molecule has 2 heterocycles. The molecule has 0 aliphatic carbocycles. The van der Waals surface area contributed by atoms with Gasteiger partial charge in [-0.3, -0.25) is 0 Å². The van der Waals surface area contributed by atoms with Crippen molar-refractivity contribution in [2.75, 3.05) is 21.3 Å². The van der Waals surface area contributed by atoms with Gasteiger partial charge >= 0.3 is 11.1 Å². The summed E-state index contributed by atoms with van der Waals surface area (Å²) in [6, 6.07) is 23.1. The van der Waals surface area contributed by atoms with Crippen LogP contribution in [0.15, 0.2) is 82.9 Å². The lowest BCUT2D eigenvalue weighted by Gasteiger charge is -2.12. The number of carbonyl (C=O) groups is 1. The maximum Gasteiger partial charge on any atom is 0.399 e. The Morgan fingerprint density at radius 2 is 1.40 bits per heavy atom. The number of aromatic nitrogens is 3. The van der Waals surface area contributed by atoms with Gasteiger partial charge < -0.3 is 14.2 Å². The Bertz CT molecular complexity index is 1420. The van der Waals surface area contributed by atoms with Crippen molar-refractivity contribution in [1.82, 2.24) is 10.2 Å². The number of rotatable bonds is 6. The van der Waals surface area contributed by atoms with E-state index >= 15 is 0 Å². The average molecular weight is 485 g/mol. The minimum atomic E-state index is -0.176. The number of hydrogen-bond acceptors (Lipinski definition) is 7. The molecule has 0 saturated carbocycles.